The van der Waals surface area contributed by atoms with Gasteiger partial charge in [-0.2, -0.15) is 0 Å². The third kappa shape index (κ3) is 3.51. The zero-order valence-electron chi connectivity index (χ0n) is 12.1. The quantitative estimate of drug-likeness (QED) is 0.823. The average Bonchev–Trinajstić information content (AvgIpc) is 2.48. The molecule has 1 amide bonds. The predicted octanol–water partition coefficient (Wildman–Crippen LogP) is 1.11. The predicted molar refractivity (Wildman–Crippen MR) is 81.1 cm³/mol. The molecule has 5 nitrogen and oxygen atoms in total. The zero-order chi connectivity index (χ0) is 15.2. The van der Waals surface area contributed by atoms with Crippen molar-refractivity contribution in [2.45, 2.75) is 6.42 Å². The molecule has 0 atom stereocenters. The first-order valence-electron chi connectivity index (χ1n) is 6.84. The molecule has 1 aliphatic heterocycles. The molecule has 0 unspecified atom stereocenters. The lowest BCUT2D eigenvalue weighted by Gasteiger charge is -2.32. The van der Waals surface area contributed by atoms with Gasteiger partial charge in [-0.15, -0.1) is 0 Å². The maximum atomic E-state index is 11.8. The van der Waals surface area contributed by atoms with E-state index in [0.717, 1.165) is 23.2 Å². The van der Waals surface area contributed by atoms with Gasteiger partial charge < -0.3 is 20.1 Å². The van der Waals surface area contributed by atoms with Crippen LogP contribution in [0.1, 0.15) is 11.1 Å². The van der Waals surface area contributed by atoms with Crippen LogP contribution in [0.15, 0.2) is 42.7 Å². The van der Waals surface area contributed by atoms with Gasteiger partial charge in [-0.05, 0) is 12.0 Å². The fraction of sp³-hybridized carbons (Fsp3) is 0.312. The molecular formula is C16H20N2O3. The van der Waals surface area contributed by atoms with E-state index in [9.17, 15) is 9.90 Å². The number of carbonyl (C=O) groups excluding carboxylic acids is 1. The highest BCUT2D eigenvalue weighted by atomic mass is 16.5. The Morgan fingerprint density at radius 2 is 2.14 bits per heavy atom. The van der Waals surface area contributed by atoms with Crippen LogP contribution in [0.4, 0.5) is 0 Å². The largest absolute Gasteiger partial charge is 0.395 e. The van der Waals surface area contributed by atoms with Crippen molar-refractivity contribution in [2.75, 3.05) is 26.9 Å². The molecule has 2 N–H and O–H groups in total. The van der Waals surface area contributed by atoms with Gasteiger partial charge >= 0.3 is 0 Å². The fourth-order valence-corrected chi connectivity index (χ4v) is 2.37. The van der Waals surface area contributed by atoms with Gasteiger partial charge in [-0.3, -0.25) is 4.79 Å². The molecule has 0 aromatic heterocycles. The van der Waals surface area contributed by atoms with Crippen LogP contribution in [-0.4, -0.2) is 42.8 Å². The van der Waals surface area contributed by atoms with Crippen molar-refractivity contribution in [1.82, 2.24) is 10.2 Å². The smallest absolute Gasteiger partial charge is 0.251 e. The van der Waals surface area contributed by atoms with Crippen LogP contribution >= 0.6 is 0 Å². The second-order valence-electron chi connectivity index (χ2n) is 4.74. The molecule has 1 heterocycles. The SMILES string of the molecule is C=C1NC(=O)C=C(c2ccccc2CCOC)N1CCO. The summed E-state index contributed by atoms with van der Waals surface area (Å²) in [5.41, 5.74) is 2.81. The van der Waals surface area contributed by atoms with Gasteiger partial charge in [0.25, 0.3) is 5.91 Å². The number of hydrogen-bond donors (Lipinski definition) is 2. The topological polar surface area (TPSA) is 61.8 Å². The number of β-amino-alcohol motifs (C(OH)–C–C–N with tert-alkyl or cyclic N) is 1. The van der Waals surface area contributed by atoms with Crippen LogP contribution < -0.4 is 5.32 Å². The second kappa shape index (κ2) is 7.06. The Hall–Kier alpha value is -2.11. The van der Waals surface area contributed by atoms with Crippen molar-refractivity contribution in [3.63, 3.8) is 0 Å². The van der Waals surface area contributed by atoms with Crippen molar-refractivity contribution in [3.8, 4) is 0 Å². The molecule has 0 bridgehead atoms. The molecule has 112 valence electrons. The minimum absolute atomic E-state index is 0.0214. The molecule has 1 aliphatic rings. The standard InChI is InChI=1S/C16H20N2O3/c1-12-17-16(20)11-15(18(12)8-9-19)14-6-4-3-5-13(14)7-10-21-2/h3-6,11,19H,1,7-10H2,2H3,(H,17,20). The van der Waals surface area contributed by atoms with Crippen LogP contribution in [-0.2, 0) is 16.0 Å². The van der Waals surface area contributed by atoms with Crippen molar-refractivity contribution in [1.29, 1.82) is 0 Å². The van der Waals surface area contributed by atoms with Gasteiger partial charge in [0, 0.05) is 25.3 Å². The van der Waals surface area contributed by atoms with E-state index in [1.807, 2.05) is 29.2 Å². The lowest BCUT2D eigenvalue weighted by Crippen LogP contribution is -2.39. The summed E-state index contributed by atoms with van der Waals surface area (Å²) in [6.45, 7) is 4.82. The molecular weight excluding hydrogens is 268 g/mol. The van der Waals surface area contributed by atoms with Gasteiger partial charge in [0.15, 0.2) is 0 Å². The first-order valence-corrected chi connectivity index (χ1v) is 6.84. The molecule has 0 saturated heterocycles. The normalized spacial score (nSPS) is 15.0. The van der Waals surface area contributed by atoms with E-state index in [4.69, 9.17) is 4.74 Å². The van der Waals surface area contributed by atoms with Crippen molar-refractivity contribution < 1.29 is 14.6 Å². The third-order valence-electron chi connectivity index (χ3n) is 3.34. The van der Waals surface area contributed by atoms with E-state index in [-0.39, 0.29) is 12.5 Å². The minimum Gasteiger partial charge on any atom is -0.395 e. The van der Waals surface area contributed by atoms with E-state index in [1.54, 1.807) is 7.11 Å². The summed E-state index contributed by atoms with van der Waals surface area (Å²) >= 11 is 0. The Labute approximate surface area is 124 Å². The van der Waals surface area contributed by atoms with Gasteiger partial charge in [-0.25, -0.2) is 0 Å². The molecule has 0 spiro atoms. The number of aliphatic hydroxyl groups excluding tert-OH is 1. The van der Waals surface area contributed by atoms with Gasteiger partial charge in [-0.1, -0.05) is 30.8 Å². The Balaban J connectivity index is 2.41. The van der Waals surface area contributed by atoms with Gasteiger partial charge in [0.2, 0.25) is 0 Å². The Morgan fingerprint density at radius 1 is 1.38 bits per heavy atom. The number of hydrogen-bond acceptors (Lipinski definition) is 4. The van der Waals surface area contributed by atoms with E-state index in [1.165, 1.54) is 6.08 Å². The zero-order valence-corrected chi connectivity index (χ0v) is 12.1. The maximum Gasteiger partial charge on any atom is 0.251 e. The Morgan fingerprint density at radius 3 is 2.86 bits per heavy atom. The fourth-order valence-electron chi connectivity index (χ4n) is 2.37. The highest BCUT2D eigenvalue weighted by molar-refractivity contribution is 5.98. The minimum atomic E-state index is -0.203. The van der Waals surface area contributed by atoms with Gasteiger partial charge in [0.1, 0.15) is 5.82 Å². The van der Waals surface area contributed by atoms with Crippen LogP contribution in [0.5, 0.6) is 0 Å². The Kier molecular flexibility index (Phi) is 5.14. The average molecular weight is 288 g/mol. The van der Waals surface area contributed by atoms with E-state index >= 15 is 0 Å². The molecule has 0 fully saturated rings. The summed E-state index contributed by atoms with van der Waals surface area (Å²) in [4.78, 5) is 13.6. The first kappa shape index (κ1) is 15.3. The molecule has 2 rings (SSSR count). The molecule has 1 aromatic carbocycles. The number of aliphatic hydroxyl groups is 1. The summed E-state index contributed by atoms with van der Waals surface area (Å²) in [5, 5.41) is 11.9. The van der Waals surface area contributed by atoms with Crippen molar-refractivity contribution >= 4 is 11.6 Å². The molecule has 5 heteroatoms. The number of methoxy groups -OCH3 is 1. The highest BCUT2D eigenvalue weighted by Gasteiger charge is 2.23. The molecule has 0 saturated carbocycles. The molecule has 1 aromatic rings. The number of rotatable bonds is 6. The van der Waals surface area contributed by atoms with Gasteiger partial charge in [0.05, 0.1) is 18.9 Å². The number of amides is 1. The van der Waals surface area contributed by atoms with Crippen LogP contribution in [0.25, 0.3) is 5.70 Å². The summed E-state index contributed by atoms with van der Waals surface area (Å²) < 4.78 is 5.13. The third-order valence-corrected chi connectivity index (χ3v) is 3.34. The maximum absolute atomic E-state index is 11.8. The Bertz CT molecular complexity index is 566. The monoisotopic (exact) mass is 288 g/mol. The summed E-state index contributed by atoms with van der Waals surface area (Å²) in [6, 6.07) is 7.87. The van der Waals surface area contributed by atoms with E-state index in [0.29, 0.717) is 19.0 Å². The number of benzene rings is 1. The van der Waals surface area contributed by atoms with Crippen LogP contribution in [0, 0.1) is 0 Å². The summed E-state index contributed by atoms with van der Waals surface area (Å²) in [5.74, 6) is 0.277. The number of carbonyl (C=O) groups is 1. The molecule has 0 radical (unpaired) electrons. The van der Waals surface area contributed by atoms with E-state index < -0.39 is 0 Å². The lowest BCUT2D eigenvalue weighted by atomic mass is 10.00. The van der Waals surface area contributed by atoms with Crippen LogP contribution in [0.3, 0.4) is 0 Å². The lowest BCUT2D eigenvalue weighted by molar-refractivity contribution is -0.116. The number of nitrogens with zero attached hydrogens (tertiary/aromatic N) is 1. The van der Waals surface area contributed by atoms with E-state index in [2.05, 4.69) is 11.9 Å². The number of nitrogens with one attached hydrogen (secondary N) is 1. The first-order chi connectivity index (χ1) is 10.2. The summed E-state index contributed by atoms with van der Waals surface area (Å²) in [7, 11) is 1.66. The summed E-state index contributed by atoms with van der Waals surface area (Å²) in [6.07, 6.45) is 2.29. The highest BCUT2D eigenvalue weighted by Crippen LogP contribution is 2.27. The molecule has 21 heavy (non-hydrogen) atoms. The second-order valence-corrected chi connectivity index (χ2v) is 4.74. The van der Waals surface area contributed by atoms with Crippen molar-refractivity contribution in [3.05, 3.63) is 53.9 Å². The van der Waals surface area contributed by atoms with Crippen molar-refractivity contribution in [2.24, 2.45) is 0 Å². The number of ether oxygens (including phenoxy) is 1. The molecule has 0 aliphatic carbocycles. The van der Waals surface area contributed by atoms with Crippen LogP contribution in [0.2, 0.25) is 0 Å².